The fourth-order valence-corrected chi connectivity index (χ4v) is 7.36. The lowest BCUT2D eigenvalue weighted by atomic mass is 9.81. The second kappa shape index (κ2) is 10.6. The van der Waals surface area contributed by atoms with Gasteiger partial charge in [0.05, 0.1) is 11.4 Å². The van der Waals surface area contributed by atoms with Crippen LogP contribution in [-0.2, 0) is 5.41 Å². The van der Waals surface area contributed by atoms with Crippen LogP contribution in [0.1, 0.15) is 25.0 Å². The highest BCUT2D eigenvalue weighted by Gasteiger charge is 2.37. The Kier molecular flexibility index (Phi) is 6.20. The molecular weight excluding hydrogens is 569 g/mol. The molecule has 0 bridgehead atoms. The Hall–Kier alpha value is -5.86. The minimum absolute atomic E-state index is 0.0771. The number of hydrogen-bond acceptors (Lipinski definition) is 2. The van der Waals surface area contributed by atoms with Gasteiger partial charge in [0.25, 0.3) is 0 Å². The van der Waals surface area contributed by atoms with Gasteiger partial charge in [0.2, 0.25) is 0 Å². The largest absolute Gasteiger partial charge is 0.228 e. The first-order valence-corrected chi connectivity index (χ1v) is 16.2. The van der Waals surface area contributed by atoms with Crippen molar-refractivity contribution in [3.8, 4) is 56.2 Å². The molecule has 47 heavy (non-hydrogen) atoms. The lowest BCUT2D eigenvalue weighted by Gasteiger charge is -2.22. The molecular formula is C45H32N2. The summed E-state index contributed by atoms with van der Waals surface area (Å²) in [6.45, 7) is 4.71. The van der Waals surface area contributed by atoms with Gasteiger partial charge in [-0.25, -0.2) is 9.97 Å². The summed E-state index contributed by atoms with van der Waals surface area (Å²) in [6.07, 6.45) is 0. The highest BCUT2D eigenvalue weighted by molar-refractivity contribution is 6.00. The average molecular weight is 601 g/mol. The fourth-order valence-electron chi connectivity index (χ4n) is 7.36. The molecule has 1 aliphatic rings. The molecule has 1 aromatic heterocycles. The van der Waals surface area contributed by atoms with Crippen molar-refractivity contribution in [2.24, 2.45) is 0 Å². The molecule has 2 heteroatoms. The van der Waals surface area contributed by atoms with E-state index in [1.165, 1.54) is 54.9 Å². The predicted octanol–water partition coefficient (Wildman–Crippen LogP) is 11.8. The molecule has 0 unspecified atom stereocenters. The summed E-state index contributed by atoms with van der Waals surface area (Å²) in [5, 5.41) is 4.93. The summed E-state index contributed by atoms with van der Waals surface area (Å²) < 4.78 is 0. The Morgan fingerprint density at radius 2 is 0.979 bits per heavy atom. The van der Waals surface area contributed by atoms with E-state index >= 15 is 0 Å². The minimum atomic E-state index is -0.0771. The van der Waals surface area contributed by atoms with Crippen molar-refractivity contribution < 1.29 is 0 Å². The van der Waals surface area contributed by atoms with Crippen molar-refractivity contribution in [2.75, 3.05) is 0 Å². The Balaban J connectivity index is 1.20. The second-order valence-corrected chi connectivity index (χ2v) is 13.1. The maximum atomic E-state index is 5.09. The van der Waals surface area contributed by atoms with Crippen molar-refractivity contribution >= 4 is 21.5 Å². The number of fused-ring (bicyclic) bond motifs is 5. The van der Waals surface area contributed by atoms with Gasteiger partial charge in [0.1, 0.15) is 0 Å². The van der Waals surface area contributed by atoms with Gasteiger partial charge in [-0.1, -0.05) is 141 Å². The van der Waals surface area contributed by atoms with Gasteiger partial charge in [0.15, 0.2) is 5.82 Å². The van der Waals surface area contributed by atoms with Crippen molar-refractivity contribution in [3.05, 3.63) is 169 Å². The van der Waals surface area contributed by atoms with E-state index in [4.69, 9.17) is 9.97 Å². The smallest absolute Gasteiger partial charge is 0.160 e. The zero-order chi connectivity index (χ0) is 31.5. The standard InChI is InChI=1S/C45H32N2/c1-45(2)39-19-11-18-37(43(39)38-26-32-16-9-10-17-33(32)27-40(38)45)34-22-20-29-21-23-35(25-36(29)24-34)44-46-41(30-12-5-3-6-13-30)28-42(47-44)31-14-7-4-8-15-31/h3-28H,1-2H3. The zero-order valence-corrected chi connectivity index (χ0v) is 26.4. The van der Waals surface area contributed by atoms with Crippen LogP contribution in [0.2, 0.25) is 0 Å². The number of rotatable bonds is 4. The van der Waals surface area contributed by atoms with Crippen LogP contribution in [0.25, 0.3) is 77.7 Å². The Morgan fingerprint density at radius 1 is 0.383 bits per heavy atom. The van der Waals surface area contributed by atoms with Gasteiger partial charge >= 0.3 is 0 Å². The SMILES string of the molecule is CC1(C)c2cc3ccccc3cc2-c2c(-c3ccc4ccc(-c5nc(-c6ccccc6)cc(-c6ccccc6)n5)cc4c3)cccc21. The molecule has 1 heterocycles. The zero-order valence-electron chi connectivity index (χ0n) is 26.4. The topological polar surface area (TPSA) is 25.8 Å². The van der Waals surface area contributed by atoms with Crippen LogP contribution in [0, 0.1) is 0 Å². The molecule has 0 fully saturated rings. The fraction of sp³-hybridized carbons (Fsp3) is 0.0667. The third-order valence-electron chi connectivity index (χ3n) is 9.84. The molecule has 0 amide bonds. The van der Waals surface area contributed by atoms with E-state index in [9.17, 15) is 0 Å². The summed E-state index contributed by atoms with van der Waals surface area (Å²) in [7, 11) is 0. The molecule has 2 nitrogen and oxygen atoms in total. The summed E-state index contributed by atoms with van der Waals surface area (Å²) >= 11 is 0. The van der Waals surface area contributed by atoms with Crippen molar-refractivity contribution in [1.29, 1.82) is 0 Å². The van der Waals surface area contributed by atoms with Crippen molar-refractivity contribution in [1.82, 2.24) is 9.97 Å². The third kappa shape index (κ3) is 4.56. The summed E-state index contributed by atoms with van der Waals surface area (Å²) in [6, 6.07) is 56.5. The van der Waals surface area contributed by atoms with Crippen LogP contribution in [-0.4, -0.2) is 9.97 Å². The maximum absolute atomic E-state index is 5.09. The van der Waals surface area contributed by atoms with E-state index in [1.807, 2.05) is 12.1 Å². The molecule has 8 aromatic rings. The highest BCUT2D eigenvalue weighted by Crippen LogP contribution is 2.53. The van der Waals surface area contributed by atoms with Gasteiger partial charge in [-0.15, -0.1) is 0 Å². The molecule has 0 N–H and O–H groups in total. The molecule has 0 atom stereocenters. The van der Waals surface area contributed by atoms with Crippen LogP contribution >= 0.6 is 0 Å². The summed E-state index contributed by atoms with van der Waals surface area (Å²) in [4.78, 5) is 10.2. The first kappa shape index (κ1) is 27.5. The van der Waals surface area contributed by atoms with E-state index in [-0.39, 0.29) is 5.41 Å². The van der Waals surface area contributed by atoms with Crippen LogP contribution in [0.5, 0.6) is 0 Å². The quantitative estimate of drug-likeness (QED) is 0.201. The van der Waals surface area contributed by atoms with Gasteiger partial charge in [-0.3, -0.25) is 0 Å². The molecule has 1 aliphatic carbocycles. The molecule has 9 rings (SSSR count). The Bertz CT molecular complexity index is 2420. The monoisotopic (exact) mass is 600 g/mol. The average Bonchev–Trinajstić information content (AvgIpc) is 3.36. The molecule has 0 saturated carbocycles. The minimum Gasteiger partial charge on any atom is -0.228 e. The summed E-state index contributed by atoms with van der Waals surface area (Å²) in [5.41, 5.74) is 12.8. The number of nitrogens with zero attached hydrogens (tertiary/aromatic N) is 2. The van der Waals surface area contributed by atoms with Crippen LogP contribution in [0.4, 0.5) is 0 Å². The summed E-state index contributed by atoms with van der Waals surface area (Å²) in [5.74, 6) is 0.723. The van der Waals surface area contributed by atoms with E-state index in [1.54, 1.807) is 0 Å². The molecule has 7 aromatic carbocycles. The first-order chi connectivity index (χ1) is 23.0. The van der Waals surface area contributed by atoms with E-state index in [0.717, 1.165) is 33.9 Å². The van der Waals surface area contributed by atoms with E-state index in [2.05, 4.69) is 159 Å². The predicted molar refractivity (Wildman–Crippen MR) is 196 cm³/mol. The van der Waals surface area contributed by atoms with Crippen LogP contribution < -0.4 is 0 Å². The third-order valence-corrected chi connectivity index (χ3v) is 9.84. The van der Waals surface area contributed by atoms with Gasteiger partial charge in [-0.05, 0) is 85.3 Å². The molecule has 0 saturated heterocycles. The number of aromatic nitrogens is 2. The Morgan fingerprint density at radius 3 is 1.66 bits per heavy atom. The molecule has 0 aliphatic heterocycles. The van der Waals surface area contributed by atoms with Crippen molar-refractivity contribution in [3.63, 3.8) is 0 Å². The lowest BCUT2D eigenvalue weighted by Crippen LogP contribution is -2.14. The highest BCUT2D eigenvalue weighted by atomic mass is 14.9. The normalized spacial score (nSPS) is 13.1. The molecule has 0 spiro atoms. The van der Waals surface area contributed by atoms with E-state index in [0.29, 0.717) is 0 Å². The number of benzene rings is 7. The van der Waals surface area contributed by atoms with E-state index < -0.39 is 0 Å². The molecule has 222 valence electrons. The maximum Gasteiger partial charge on any atom is 0.160 e. The van der Waals surface area contributed by atoms with Gasteiger partial charge < -0.3 is 0 Å². The lowest BCUT2D eigenvalue weighted by molar-refractivity contribution is 0.661. The van der Waals surface area contributed by atoms with Crippen molar-refractivity contribution in [2.45, 2.75) is 19.3 Å². The Labute approximate surface area is 275 Å². The second-order valence-electron chi connectivity index (χ2n) is 13.1. The molecule has 0 radical (unpaired) electrons. The number of hydrogen-bond donors (Lipinski definition) is 0. The first-order valence-electron chi connectivity index (χ1n) is 16.2. The van der Waals surface area contributed by atoms with Crippen LogP contribution in [0.3, 0.4) is 0 Å². The van der Waals surface area contributed by atoms with Gasteiger partial charge in [0, 0.05) is 22.1 Å². The van der Waals surface area contributed by atoms with Crippen LogP contribution in [0.15, 0.2) is 158 Å². The van der Waals surface area contributed by atoms with Gasteiger partial charge in [-0.2, -0.15) is 0 Å².